The van der Waals surface area contributed by atoms with Crippen LogP contribution >= 0.6 is 0 Å². The zero-order valence-corrected chi connectivity index (χ0v) is 11.8. The van der Waals surface area contributed by atoms with Gasteiger partial charge >= 0.3 is 5.97 Å². The van der Waals surface area contributed by atoms with Gasteiger partial charge in [-0.2, -0.15) is 0 Å². The van der Waals surface area contributed by atoms with E-state index >= 15 is 0 Å². The van der Waals surface area contributed by atoms with E-state index in [4.69, 9.17) is 14.6 Å². The van der Waals surface area contributed by atoms with E-state index in [-0.39, 0.29) is 23.5 Å². The van der Waals surface area contributed by atoms with Gasteiger partial charge in [-0.25, -0.2) is 0 Å². The third-order valence-corrected chi connectivity index (χ3v) is 5.30. The smallest absolute Gasteiger partial charge is 0.303 e. The lowest BCUT2D eigenvalue weighted by Gasteiger charge is -2.50. The van der Waals surface area contributed by atoms with E-state index in [1.807, 2.05) is 19.9 Å². The number of fused-ring (bicyclic) bond motifs is 1. The van der Waals surface area contributed by atoms with Crippen LogP contribution < -0.4 is 0 Å². The quantitative estimate of drug-likeness (QED) is 0.853. The summed E-state index contributed by atoms with van der Waals surface area (Å²) in [7, 11) is 0. The first kappa shape index (κ1) is 13.8. The summed E-state index contributed by atoms with van der Waals surface area (Å²) in [5, 5.41) is 8.93. The predicted molar refractivity (Wildman–Crippen MR) is 70.0 cm³/mol. The van der Waals surface area contributed by atoms with Crippen LogP contribution in [0.15, 0.2) is 12.2 Å². The molecule has 0 amide bonds. The first-order valence-electron chi connectivity index (χ1n) is 7.03. The Labute approximate surface area is 117 Å². The van der Waals surface area contributed by atoms with Crippen LogP contribution in [-0.4, -0.2) is 35.9 Å². The normalized spacial score (nSPS) is 46.3. The Kier molecular flexibility index (Phi) is 2.86. The van der Waals surface area contributed by atoms with Gasteiger partial charge in [-0.15, -0.1) is 0 Å². The van der Waals surface area contributed by atoms with Crippen LogP contribution in [0.3, 0.4) is 0 Å². The van der Waals surface area contributed by atoms with Gasteiger partial charge in [-0.3, -0.25) is 9.59 Å². The Morgan fingerprint density at radius 1 is 1.45 bits per heavy atom. The number of rotatable bonds is 3. The third kappa shape index (κ3) is 1.84. The molecule has 1 aliphatic carbocycles. The summed E-state index contributed by atoms with van der Waals surface area (Å²) < 4.78 is 11.6. The van der Waals surface area contributed by atoms with Gasteiger partial charge in [-0.05, 0) is 19.4 Å². The number of ether oxygens (including phenoxy) is 2. The summed E-state index contributed by atoms with van der Waals surface area (Å²) in [5.74, 6) is -1.43. The van der Waals surface area contributed by atoms with Crippen molar-refractivity contribution in [2.45, 2.75) is 38.9 Å². The molecule has 3 rings (SSSR count). The highest BCUT2D eigenvalue weighted by atomic mass is 16.7. The molecule has 2 aliphatic heterocycles. The Bertz CT molecular complexity index is 498. The molecule has 2 heterocycles. The molecule has 0 unspecified atom stereocenters. The summed E-state index contributed by atoms with van der Waals surface area (Å²) in [4.78, 5) is 23.2. The number of carbonyl (C=O) groups is 2. The van der Waals surface area contributed by atoms with Gasteiger partial charge in [0.2, 0.25) is 0 Å². The third-order valence-electron chi connectivity index (χ3n) is 5.30. The van der Waals surface area contributed by atoms with E-state index in [2.05, 4.69) is 0 Å². The van der Waals surface area contributed by atoms with Crippen molar-refractivity contribution in [3.63, 3.8) is 0 Å². The van der Waals surface area contributed by atoms with Gasteiger partial charge in [0.15, 0.2) is 11.6 Å². The lowest BCUT2D eigenvalue weighted by atomic mass is 9.55. The molecule has 1 N–H and O–H groups in total. The highest BCUT2D eigenvalue weighted by molar-refractivity contribution is 5.96. The van der Waals surface area contributed by atoms with Gasteiger partial charge < -0.3 is 14.6 Å². The summed E-state index contributed by atoms with van der Waals surface area (Å²) in [6.45, 7) is 4.79. The lowest BCUT2D eigenvalue weighted by Crippen LogP contribution is -2.54. The molecule has 5 nitrogen and oxygen atoms in total. The molecule has 5 heteroatoms. The first-order valence-corrected chi connectivity index (χ1v) is 7.03. The van der Waals surface area contributed by atoms with Crippen molar-refractivity contribution in [1.82, 2.24) is 0 Å². The lowest BCUT2D eigenvalue weighted by molar-refractivity contribution is -0.219. The fourth-order valence-electron chi connectivity index (χ4n) is 4.04. The molecule has 110 valence electrons. The van der Waals surface area contributed by atoms with Crippen molar-refractivity contribution >= 4 is 11.8 Å². The van der Waals surface area contributed by atoms with Crippen molar-refractivity contribution in [2.75, 3.05) is 13.2 Å². The largest absolute Gasteiger partial charge is 0.481 e. The Hall–Kier alpha value is -1.20. The molecule has 0 aromatic carbocycles. The molecule has 0 saturated carbocycles. The number of carboxylic acid groups (broad SMARTS) is 1. The van der Waals surface area contributed by atoms with Crippen molar-refractivity contribution in [1.29, 1.82) is 0 Å². The van der Waals surface area contributed by atoms with E-state index in [1.54, 1.807) is 6.08 Å². The van der Waals surface area contributed by atoms with Crippen molar-refractivity contribution in [3.8, 4) is 0 Å². The topological polar surface area (TPSA) is 72.8 Å². The van der Waals surface area contributed by atoms with E-state index in [9.17, 15) is 9.59 Å². The number of aliphatic carboxylic acids is 1. The SMILES string of the molecule is C[C@@]12C[C@]3(C=CC(=O)[C@@](C)(CCC(=O)O)[C@@H]3CO1)CO2. The van der Waals surface area contributed by atoms with E-state index < -0.39 is 17.2 Å². The van der Waals surface area contributed by atoms with E-state index in [0.717, 1.165) is 6.42 Å². The van der Waals surface area contributed by atoms with Crippen molar-refractivity contribution in [2.24, 2.45) is 16.7 Å². The summed E-state index contributed by atoms with van der Waals surface area (Å²) in [6, 6.07) is 0. The second kappa shape index (κ2) is 4.15. The molecule has 0 aromatic rings. The average Bonchev–Trinajstić information content (AvgIpc) is 2.64. The second-order valence-corrected chi connectivity index (χ2v) is 6.70. The molecular formula is C15H20O5. The van der Waals surface area contributed by atoms with Crippen LogP contribution in [0.1, 0.15) is 33.1 Å². The Balaban J connectivity index is 1.94. The van der Waals surface area contributed by atoms with E-state index in [0.29, 0.717) is 19.6 Å². The fourth-order valence-corrected chi connectivity index (χ4v) is 4.04. The fraction of sp³-hybridized carbons (Fsp3) is 0.733. The molecule has 2 fully saturated rings. The zero-order chi connectivity index (χ0) is 14.6. The van der Waals surface area contributed by atoms with Crippen molar-refractivity contribution in [3.05, 3.63) is 12.2 Å². The number of hydrogen-bond donors (Lipinski definition) is 1. The van der Waals surface area contributed by atoms with Gasteiger partial charge in [-0.1, -0.05) is 13.0 Å². The van der Waals surface area contributed by atoms with Gasteiger partial charge in [0.05, 0.1) is 13.2 Å². The molecule has 3 aliphatic rings. The minimum absolute atomic E-state index is 0.000779. The van der Waals surface area contributed by atoms with Crippen LogP contribution in [0.25, 0.3) is 0 Å². The number of carbonyl (C=O) groups excluding carboxylic acids is 1. The summed E-state index contributed by atoms with van der Waals surface area (Å²) in [5.41, 5.74) is -0.865. The molecule has 4 atom stereocenters. The van der Waals surface area contributed by atoms with Gasteiger partial charge in [0, 0.05) is 29.6 Å². The van der Waals surface area contributed by atoms with Crippen LogP contribution in [0.2, 0.25) is 0 Å². The molecule has 20 heavy (non-hydrogen) atoms. The number of hydrogen-bond acceptors (Lipinski definition) is 4. The maximum Gasteiger partial charge on any atom is 0.303 e. The Morgan fingerprint density at radius 2 is 2.20 bits per heavy atom. The second-order valence-electron chi connectivity index (χ2n) is 6.70. The molecular weight excluding hydrogens is 260 g/mol. The molecule has 2 saturated heterocycles. The molecule has 1 spiro atoms. The maximum absolute atomic E-state index is 12.4. The number of allylic oxidation sites excluding steroid dienone is 1. The van der Waals surface area contributed by atoms with Crippen molar-refractivity contribution < 1.29 is 24.2 Å². The number of carboxylic acids is 1. The van der Waals surface area contributed by atoms with Crippen LogP contribution in [0.4, 0.5) is 0 Å². The van der Waals surface area contributed by atoms with Gasteiger partial charge in [0.25, 0.3) is 0 Å². The van der Waals surface area contributed by atoms with Crippen LogP contribution in [-0.2, 0) is 19.1 Å². The maximum atomic E-state index is 12.4. The predicted octanol–water partition coefficient (Wildman–Crippen LogP) is 1.77. The minimum Gasteiger partial charge on any atom is -0.481 e. The minimum atomic E-state index is -0.869. The van der Waals surface area contributed by atoms with Crippen LogP contribution in [0, 0.1) is 16.7 Å². The van der Waals surface area contributed by atoms with Gasteiger partial charge in [0.1, 0.15) is 0 Å². The molecule has 0 aromatic heterocycles. The number of ketones is 1. The summed E-state index contributed by atoms with van der Waals surface area (Å²) in [6.07, 6.45) is 4.67. The molecule has 2 bridgehead atoms. The highest BCUT2D eigenvalue weighted by Crippen LogP contribution is 2.59. The standard InChI is InChI=1S/C15H20O5/c1-13(5-4-12(17)18)10-7-19-14(2)8-15(10,9-20-14)6-3-11(13)16/h3,6,10H,4-5,7-9H2,1-2H3,(H,17,18)/t10-,13-,14+,15+/m0/s1. The Morgan fingerprint density at radius 3 is 2.90 bits per heavy atom. The molecule has 0 radical (unpaired) electrons. The highest BCUT2D eigenvalue weighted by Gasteiger charge is 2.62. The monoisotopic (exact) mass is 280 g/mol. The first-order chi connectivity index (χ1) is 9.30. The van der Waals surface area contributed by atoms with E-state index in [1.165, 1.54) is 0 Å². The zero-order valence-electron chi connectivity index (χ0n) is 11.8. The summed E-state index contributed by atoms with van der Waals surface area (Å²) >= 11 is 0. The van der Waals surface area contributed by atoms with Crippen LogP contribution in [0.5, 0.6) is 0 Å². The average molecular weight is 280 g/mol.